The highest BCUT2D eigenvalue weighted by Crippen LogP contribution is 2.19. The van der Waals surface area contributed by atoms with E-state index in [1.54, 1.807) is 6.33 Å². The standard InChI is InChI=1S/C18H18ClN5/c1-24(11-8-14-6-9-20-10-7-14)18-12-17(21-13-22-18)23-16-4-2-15(19)3-5-16/h2-7,9-10,12-13H,8,11H2,1H3,(H,21,22,23). The molecule has 24 heavy (non-hydrogen) atoms. The smallest absolute Gasteiger partial charge is 0.135 e. The molecule has 5 nitrogen and oxygen atoms in total. The lowest BCUT2D eigenvalue weighted by molar-refractivity contribution is 0.855. The SMILES string of the molecule is CN(CCc1ccncc1)c1cc(Nc2ccc(Cl)cc2)ncn1. The third-order valence-electron chi connectivity index (χ3n) is 3.65. The van der Waals surface area contributed by atoms with Gasteiger partial charge in [-0.1, -0.05) is 11.6 Å². The first-order valence-corrected chi connectivity index (χ1v) is 8.03. The van der Waals surface area contributed by atoms with Crippen LogP contribution in [0.15, 0.2) is 61.2 Å². The predicted molar refractivity (Wildman–Crippen MR) is 98.0 cm³/mol. The first-order valence-electron chi connectivity index (χ1n) is 7.65. The van der Waals surface area contributed by atoms with Gasteiger partial charge in [0.15, 0.2) is 0 Å². The van der Waals surface area contributed by atoms with E-state index in [1.807, 2.05) is 61.9 Å². The quantitative estimate of drug-likeness (QED) is 0.737. The molecule has 0 saturated carbocycles. The molecule has 1 N–H and O–H groups in total. The Labute approximate surface area is 146 Å². The molecule has 1 aromatic carbocycles. The number of aromatic nitrogens is 3. The predicted octanol–water partition coefficient (Wildman–Crippen LogP) is 3.95. The fourth-order valence-electron chi connectivity index (χ4n) is 2.27. The summed E-state index contributed by atoms with van der Waals surface area (Å²) >= 11 is 5.90. The number of halogens is 1. The maximum Gasteiger partial charge on any atom is 0.135 e. The molecule has 2 aromatic heterocycles. The second-order valence-corrected chi connectivity index (χ2v) is 5.86. The highest BCUT2D eigenvalue weighted by Gasteiger charge is 2.05. The summed E-state index contributed by atoms with van der Waals surface area (Å²) in [4.78, 5) is 14.8. The molecular weight excluding hydrogens is 322 g/mol. The van der Waals surface area contributed by atoms with Crippen molar-refractivity contribution in [2.24, 2.45) is 0 Å². The highest BCUT2D eigenvalue weighted by molar-refractivity contribution is 6.30. The van der Waals surface area contributed by atoms with Gasteiger partial charge in [0.25, 0.3) is 0 Å². The van der Waals surface area contributed by atoms with Gasteiger partial charge in [0.2, 0.25) is 0 Å². The lowest BCUT2D eigenvalue weighted by Gasteiger charge is -2.18. The number of nitrogens with zero attached hydrogens (tertiary/aromatic N) is 4. The van der Waals surface area contributed by atoms with Crippen LogP contribution in [-0.4, -0.2) is 28.5 Å². The Bertz CT molecular complexity index is 777. The summed E-state index contributed by atoms with van der Waals surface area (Å²) in [7, 11) is 2.02. The fraction of sp³-hybridized carbons (Fsp3) is 0.167. The number of benzene rings is 1. The van der Waals surface area contributed by atoms with Crippen LogP contribution in [0.3, 0.4) is 0 Å². The van der Waals surface area contributed by atoms with Gasteiger partial charge in [-0.3, -0.25) is 4.98 Å². The molecule has 0 bridgehead atoms. The molecule has 0 amide bonds. The molecule has 3 aromatic rings. The van der Waals surface area contributed by atoms with Gasteiger partial charge in [0.1, 0.15) is 18.0 Å². The Morgan fingerprint density at radius 1 is 1.04 bits per heavy atom. The first-order chi connectivity index (χ1) is 11.7. The normalized spacial score (nSPS) is 10.4. The van der Waals surface area contributed by atoms with Gasteiger partial charge >= 0.3 is 0 Å². The summed E-state index contributed by atoms with van der Waals surface area (Å²) in [6.45, 7) is 0.863. The van der Waals surface area contributed by atoms with Gasteiger partial charge in [-0.05, 0) is 48.4 Å². The van der Waals surface area contributed by atoms with E-state index < -0.39 is 0 Å². The summed E-state index contributed by atoms with van der Waals surface area (Å²) in [6, 6.07) is 13.5. The molecule has 3 rings (SSSR count). The zero-order valence-corrected chi connectivity index (χ0v) is 14.1. The van der Waals surface area contributed by atoms with Crippen LogP contribution in [0.1, 0.15) is 5.56 Å². The molecule has 2 heterocycles. The monoisotopic (exact) mass is 339 g/mol. The largest absolute Gasteiger partial charge is 0.359 e. The molecule has 0 spiro atoms. The molecule has 0 aliphatic heterocycles. The van der Waals surface area contributed by atoms with E-state index in [0.717, 1.165) is 30.3 Å². The van der Waals surface area contributed by atoms with Crippen LogP contribution in [0.4, 0.5) is 17.3 Å². The van der Waals surface area contributed by atoms with Gasteiger partial charge in [-0.25, -0.2) is 9.97 Å². The lowest BCUT2D eigenvalue weighted by atomic mass is 10.2. The molecule has 0 atom stereocenters. The number of hydrogen-bond acceptors (Lipinski definition) is 5. The highest BCUT2D eigenvalue weighted by atomic mass is 35.5. The Hall–Kier alpha value is -2.66. The van der Waals surface area contributed by atoms with Crippen LogP contribution in [0.25, 0.3) is 0 Å². The zero-order valence-electron chi connectivity index (χ0n) is 13.4. The van der Waals surface area contributed by atoms with Crippen molar-refractivity contribution in [3.05, 3.63) is 71.8 Å². The van der Waals surface area contributed by atoms with E-state index >= 15 is 0 Å². The minimum absolute atomic E-state index is 0.708. The van der Waals surface area contributed by atoms with E-state index in [1.165, 1.54) is 5.56 Å². The second-order valence-electron chi connectivity index (χ2n) is 5.42. The van der Waals surface area contributed by atoms with Crippen molar-refractivity contribution >= 4 is 28.9 Å². The number of anilines is 3. The molecule has 0 unspecified atom stereocenters. The molecule has 122 valence electrons. The molecule has 0 fully saturated rings. The minimum atomic E-state index is 0.708. The van der Waals surface area contributed by atoms with Crippen molar-refractivity contribution in [3.63, 3.8) is 0 Å². The van der Waals surface area contributed by atoms with E-state index in [0.29, 0.717) is 5.02 Å². The topological polar surface area (TPSA) is 53.9 Å². The molecule has 0 aliphatic rings. The van der Waals surface area contributed by atoms with Crippen molar-refractivity contribution < 1.29 is 0 Å². The Morgan fingerprint density at radius 3 is 2.54 bits per heavy atom. The van der Waals surface area contributed by atoms with E-state index in [2.05, 4.69) is 25.2 Å². The van der Waals surface area contributed by atoms with Gasteiger partial charge in [0, 0.05) is 42.8 Å². The third-order valence-corrected chi connectivity index (χ3v) is 3.90. The lowest BCUT2D eigenvalue weighted by Crippen LogP contribution is -2.21. The molecule has 0 aliphatic carbocycles. The van der Waals surface area contributed by atoms with Crippen molar-refractivity contribution in [1.82, 2.24) is 15.0 Å². The Balaban J connectivity index is 1.64. The minimum Gasteiger partial charge on any atom is -0.359 e. The van der Waals surface area contributed by atoms with Crippen LogP contribution in [0.2, 0.25) is 5.02 Å². The molecule has 0 radical (unpaired) electrons. The number of rotatable bonds is 6. The zero-order chi connectivity index (χ0) is 16.8. The molecule has 0 saturated heterocycles. The van der Waals surface area contributed by atoms with E-state index in [9.17, 15) is 0 Å². The van der Waals surface area contributed by atoms with Crippen molar-refractivity contribution in [3.8, 4) is 0 Å². The van der Waals surface area contributed by atoms with Gasteiger partial charge in [-0.15, -0.1) is 0 Å². The van der Waals surface area contributed by atoms with Gasteiger partial charge in [0.05, 0.1) is 0 Å². The van der Waals surface area contributed by atoms with E-state index in [4.69, 9.17) is 11.6 Å². The van der Waals surface area contributed by atoms with Crippen LogP contribution >= 0.6 is 11.6 Å². The average molecular weight is 340 g/mol. The maximum absolute atomic E-state index is 5.90. The van der Waals surface area contributed by atoms with Crippen LogP contribution < -0.4 is 10.2 Å². The van der Waals surface area contributed by atoms with Crippen molar-refractivity contribution in [1.29, 1.82) is 0 Å². The van der Waals surface area contributed by atoms with Crippen LogP contribution in [0.5, 0.6) is 0 Å². The summed E-state index contributed by atoms with van der Waals surface area (Å²) in [5.74, 6) is 1.62. The van der Waals surface area contributed by atoms with Crippen molar-refractivity contribution in [2.75, 3.05) is 23.8 Å². The van der Waals surface area contributed by atoms with Crippen LogP contribution in [0, 0.1) is 0 Å². The van der Waals surface area contributed by atoms with Gasteiger partial charge < -0.3 is 10.2 Å². The number of nitrogens with one attached hydrogen (secondary N) is 1. The summed E-state index contributed by atoms with van der Waals surface area (Å²) in [5.41, 5.74) is 2.19. The van der Waals surface area contributed by atoms with E-state index in [-0.39, 0.29) is 0 Å². The number of pyridine rings is 1. The third kappa shape index (κ3) is 4.43. The summed E-state index contributed by atoms with van der Waals surface area (Å²) in [5, 5.41) is 3.96. The summed E-state index contributed by atoms with van der Waals surface area (Å²) < 4.78 is 0. The number of likely N-dealkylation sites (N-methyl/N-ethyl adjacent to an activating group) is 1. The van der Waals surface area contributed by atoms with Gasteiger partial charge in [-0.2, -0.15) is 0 Å². The maximum atomic E-state index is 5.90. The number of hydrogen-bond donors (Lipinski definition) is 1. The average Bonchev–Trinajstić information content (AvgIpc) is 2.63. The van der Waals surface area contributed by atoms with Crippen LogP contribution in [-0.2, 0) is 6.42 Å². The molecule has 6 heteroatoms. The molecular formula is C18H18ClN5. The first kappa shape index (κ1) is 16.2. The summed E-state index contributed by atoms with van der Waals surface area (Å²) in [6.07, 6.45) is 6.13. The van der Waals surface area contributed by atoms with Crippen molar-refractivity contribution in [2.45, 2.75) is 6.42 Å². The Morgan fingerprint density at radius 2 is 1.79 bits per heavy atom. The Kier molecular flexibility index (Phi) is 5.23. The fourth-order valence-corrected chi connectivity index (χ4v) is 2.39. The second kappa shape index (κ2) is 7.75.